The molecular weight excluding hydrogens is 458 g/mol. The first-order valence-electron chi connectivity index (χ1n) is 13.1. The molecule has 0 radical (unpaired) electrons. The molecule has 1 aromatic carbocycles. The van der Waals surface area contributed by atoms with Gasteiger partial charge in [0.1, 0.15) is 24.2 Å². The van der Waals surface area contributed by atoms with Crippen molar-refractivity contribution >= 4 is 23.7 Å². The van der Waals surface area contributed by atoms with Crippen molar-refractivity contribution in [3.8, 4) is 0 Å². The van der Waals surface area contributed by atoms with Crippen molar-refractivity contribution in [2.75, 3.05) is 0 Å². The fourth-order valence-corrected chi connectivity index (χ4v) is 4.21. The molecule has 1 fully saturated rings. The topological polar surface area (TPSA) is 114 Å². The second-order valence-electron chi connectivity index (χ2n) is 10.6. The molecule has 1 saturated heterocycles. The van der Waals surface area contributed by atoms with Crippen molar-refractivity contribution in [1.82, 2.24) is 16.0 Å². The molecule has 1 heterocycles. The minimum atomic E-state index is -0.917. The number of unbranched alkanes of at least 4 members (excludes halogenated alkanes) is 1. The molecule has 3 unspecified atom stereocenters. The minimum absolute atomic E-state index is 0.0576. The molecule has 0 spiro atoms. The third-order valence-corrected chi connectivity index (χ3v) is 7.20. The van der Waals surface area contributed by atoms with Crippen LogP contribution in [0.4, 0.5) is 0 Å². The lowest BCUT2D eigenvalue weighted by molar-refractivity contribution is -0.160. The van der Waals surface area contributed by atoms with Crippen LogP contribution in [0.2, 0.25) is 0 Å². The van der Waals surface area contributed by atoms with Crippen LogP contribution >= 0.6 is 0 Å². The Hall–Kier alpha value is -2.90. The van der Waals surface area contributed by atoms with Crippen molar-refractivity contribution in [2.24, 2.45) is 11.3 Å². The normalized spacial score (nSPS) is 25.3. The van der Waals surface area contributed by atoms with Gasteiger partial charge in [0, 0.05) is 6.42 Å². The van der Waals surface area contributed by atoms with E-state index in [0.29, 0.717) is 6.42 Å². The summed E-state index contributed by atoms with van der Waals surface area (Å²) in [4.78, 5) is 52.7. The van der Waals surface area contributed by atoms with Gasteiger partial charge in [-0.25, -0.2) is 4.79 Å². The van der Waals surface area contributed by atoms with Gasteiger partial charge in [-0.3, -0.25) is 14.4 Å². The van der Waals surface area contributed by atoms with Crippen LogP contribution in [0.15, 0.2) is 30.3 Å². The number of nitrogens with one attached hydrogen (secondary N) is 3. The Bertz CT molecular complexity index is 902. The Kier molecular flexibility index (Phi) is 10.9. The lowest BCUT2D eigenvalue weighted by Gasteiger charge is -2.34. The fourth-order valence-electron chi connectivity index (χ4n) is 4.21. The Morgan fingerprint density at radius 3 is 2.28 bits per heavy atom. The minimum Gasteiger partial charge on any atom is -0.460 e. The maximum absolute atomic E-state index is 13.4. The Balaban J connectivity index is 2.41. The van der Waals surface area contributed by atoms with Crippen molar-refractivity contribution < 1.29 is 23.9 Å². The molecule has 3 N–H and O–H groups in total. The van der Waals surface area contributed by atoms with E-state index in [1.807, 2.05) is 58.0 Å². The van der Waals surface area contributed by atoms with Gasteiger partial charge in [0.05, 0.1) is 6.42 Å². The molecule has 8 nitrogen and oxygen atoms in total. The molecule has 1 aliphatic heterocycles. The van der Waals surface area contributed by atoms with Gasteiger partial charge in [0.25, 0.3) is 0 Å². The summed E-state index contributed by atoms with van der Waals surface area (Å²) >= 11 is 0. The second-order valence-corrected chi connectivity index (χ2v) is 10.6. The molecule has 200 valence electrons. The average Bonchev–Trinajstić information content (AvgIpc) is 2.84. The Morgan fingerprint density at radius 1 is 1.00 bits per heavy atom. The third kappa shape index (κ3) is 8.35. The number of esters is 1. The molecule has 2 rings (SSSR count). The Morgan fingerprint density at radius 2 is 1.67 bits per heavy atom. The molecule has 0 bridgehead atoms. The lowest BCUT2D eigenvalue weighted by Crippen LogP contribution is -2.57. The summed E-state index contributed by atoms with van der Waals surface area (Å²) in [6.45, 7) is 11.3. The molecule has 1 aliphatic rings. The van der Waals surface area contributed by atoms with Gasteiger partial charge in [-0.1, -0.05) is 77.8 Å². The van der Waals surface area contributed by atoms with Crippen LogP contribution in [0.25, 0.3) is 0 Å². The summed E-state index contributed by atoms with van der Waals surface area (Å²) in [5.74, 6) is -1.93. The zero-order valence-electron chi connectivity index (χ0n) is 22.6. The number of benzene rings is 1. The van der Waals surface area contributed by atoms with E-state index >= 15 is 0 Å². The predicted molar refractivity (Wildman–Crippen MR) is 139 cm³/mol. The highest BCUT2D eigenvalue weighted by atomic mass is 16.5. The SMILES string of the molecule is CCCC[C@@H](C)C1CC(=O)NC(Cc2ccccc2)C(=O)NC(C)C(=O)N[C@H](C(C)(C)CC)C(=O)O1. The van der Waals surface area contributed by atoms with Crippen LogP contribution in [0.1, 0.15) is 79.2 Å². The molecule has 0 saturated carbocycles. The number of hydrogen-bond acceptors (Lipinski definition) is 5. The molecule has 5 atom stereocenters. The molecule has 0 aliphatic carbocycles. The highest BCUT2D eigenvalue weighted by Crippen LogP contribution is 2.28. The van der Waals surface area contributed by atoms with E-state index in [0.717, 1.165) is 24.8 Å². The zero-order valence-corrected chi connectivity index (χ0v) is 22.6. The highest BCUT2D eigenvalue weighted by Gasteiger charge is 2.40. The quantitative estimate of drug-likeness (QED) is 0.473. The maximum Gasteiger partial charge on any atom is 0.329 e. The van der Waals surface area contributed by atoms with Crippen molar-refractivity contribution in [2.45, 2.75) is 104 Å². The predicted octanol–water partition coefficient (Wildman–Crippen LogP) is 3.28. The van der Waals surface area contributed by atoms with E-state index in [-0.39, 0.29) is 24.7 Å². The molecular formula is C28H43N3O5. The summed E-state index contributed by atoms with van der Waals surface area (Å²) in [6, 6.07) is 6.67. The zero-order chi connectivity index (χ0) is 26.9. The molecule has 36 heavy (non-hydrogen) atoms. The third-order valence-electron chi connectivity index (χ3n) is 7.20. The van der Waals surface area contributed by atoms with Crippen LogP contribution in [0, 0.1) is 11.3 Å². The van der Waals surface area contributed by atoms with Crippen LogP contribution in [-0.2, 0) is 30.3 Å². The van der Waals surface area contributed by atoms with Crippen LogP contribution in [0.3, 0.4) is 0 Å². The number of hydrogen-bond donors (Lipinski definition) is 3. The van der Waals surface area contributed by atoms with Gasteiger partial charge in [-0.2, -0.15) is 0 Å². The van der Waals surface area contributed by atoms with E-state index in [1.165, 1.54) is 0 Å². The van der Waals surface area contributed by atoms with Crippen molar-refractivity contribution in [3.05, 3.63) is 35.9 Å². The summed E-state index contributed by atoms with van der Waals surface area (Å²) in [5.41, 5.74) is 0.287. The molecule has 0 aromatic heterocycles. The monoisotopic (exact) mass is 501 g/mol. The van der Waals surface area contributed by atoms with Crippen LogP contribution < -0.4 is 16.0 Å². The number of ether oxygens (including phenoxy) is 1. The first kappa shape index (κ1) is 29.3. The lowest BCUT2D eigenvalue weighted by atomic mass is 9.81. The van der Waals surface area contributed by atoms with Gasteiger partial charge >= 0.3 is 5.97 Å². The molecule has 3 amide bonds. The van der Waals surface area contributed by atoms with E-state index < -0.39 is 47.4 Å². The summed E-state index contributed by atoms with van der Waals surface area (Å²) in [5, 5.41) is 8.34. The maximum atomic E-state index is 13.4. The molecule has 8 heteroatoms. The summed E-state index contributed by atoms with van der Waals surface area (Å²) in [6.07, 6.45) is 2.87. The first-order chi connectivity index (χ1) is 17.0. The van der Waals surface area contributed by atoms with Gasteiger partial charge in [-0.15, -0.1) is 0 Å². The van der Waals surface area contributed by atoms with Gasteiger partial charge in [0.2, 0.25) is 17.7 Å². The number of cyclic esters (lactones) is 1. The van der Waals surface area contributed by atoms with E-state index in [2.05, 4.69) is 22.9 Å². The average molecular weight is 502 g/mol. The van der Waals surface area contributed by atoms with Gasteiger partial charge < -0.3 is 20.7 Å². The van der Waals surface area contributed by atoms with Crippen molar-refractivity contribution in [1.29, 1.82) is 0 Å². The highest BCUT2D eigenvalue weighted by molar-refractivity contribution is 5.94. The van der Waals surface area contributed by atoms with Gasteiger partial charge in [0.15, 0.2) is 0 Å². The number of amides is 3. The largest absolute Gasteiger partial charge is 0.460 e. The smallest absolute Gasteiger partial charge is 0.329 e. The number of carbonyl (C=O) groups excluding carboxylic acids is 4. The second kappa shape index (κ2) is 13.4. The van der Waals surface area contributed by atoms with Crippen LogP contribution in [0.5, 0.6) is 0 Å². The van der Waals surface area contributed by atoms with E-state index in [1.54, 1.807) is 6.92 Å². The summed E-state index contributed by atoms with van der Waals surface area (Å²) < 4.78 is 5.94. The Labute approximate surface area is 215 Å². The van der Waals surface area contributed by atoms with Crippen molar-refractivity contribution in [3.63, 3.8) is 0 Å². The van der Waals surface area contributed by atoms with E-state index in [9.17, 15) is 19.2 Å². The summed E-state index contributed by atoms with van der Waals surface area (Å²) in [7, 11) is 0. The van der Waals surface area contributed by atoms with Crippen LogP contribution in [-0.4, -0.2) is 47.9 Å². The fraction of sp³-hybridized carbons (Fsp3) is 0.643. The number of carbonyl (C=O) groups is 4. The molecule has 1 aromatic rings. The standard InChI is InChI=1S/C28H43N3O5/c1-7-9-13-18(3)22-17-23(32)30-21(16-20-14-11-10-12-15-20)26(34)29-19(4)25(33)31-24(27(35)36-22)28(5,6)8-2/h10-12,14-15,18-19,21-22,24H,7-9,13,16-17H2,1-6H3,(H,29,34)(H,30,32)(H,31,33)/t18-,19?,21?,22?,24+/m1/s1. The van der Waals surface area contributed by atoms with E-state index in [4.69, 9.17) is 4.74 Å². The first-order valence-corrected chi connectivity index (χ1v) is 13.1. The van der Waals surface area contributed by atoms with Gasteiger partial charge in [-0.05, 0) is 36.7 Å². The number of rotatable bonds is 8.